The van der Waals surface area contributed by atoms with Gasteiger partial charge in [0.15, 0.2) is 6.23 Å². The number of aromatic nitrogens is 6. The Balaban J connectivity index is 1.62. The second-order valence-corrected chi connectivity index (χ2v) is 22.4. The van der Waals surface area contributed by atoms with Crippen molar-refractivity contribution < 1.29 is 19.0 Å². The van der Waals surface area contributed by atoms with Crippen LogP contribution < -0.4 is 10.1 Å². The third-order valence-corrected chi connectivity index (χ3v) is 16.8. The maximum Gasteiger partial charge on any atom is 0.408 e. The van der Waals surface area contributed by atoms with E-state index >= 15 is 0 Å². The summed E-state index contributed by atoms with van der Waals surface area (Å²) in [6.07, 6.45) is 6.35. The standard InChI is InChI=1S/C41H61N7O4Si/c1-26(2)53(27(3)4,28(5)6)21-19-34-32-22-31(17-18-35(32)48(43-34)36-16-14-15-20-50-36)33-24-47(13)44-38(33)37(42-40(49)52-41(9,10)11)30(8)25-51-39-29(7)23-46(12)45-39/h17-18,22-24,26-28,30,36-37H,14-16,20,25H2,1-13H3,(H,42,49)/t30-,36?,37?/m1/s1. The Morgan fingerprint density at radius 2 is 1.68 bits per heavy atom. The molecule has 288 valence electrons. The number of nitrogens with one attached hydrogen (secondary N) is 1. The molecule has 11 nitrogen and oxygen atoms in total. The fraction of sp³-hybridized carbons (Fsp3) is 0.610. The molecule has 3 atom stereocenters. The predicted molar refractivity (Wildman–Crippen MR) is 213 cm³/mol. The number of nitrogens with zero attached hydrogens (tertiary/aromatic N) is 6. The monoisotopic (exact) mass is 743 g/mol. The van der Waals surface area contributed by atoms with Crippen molar-refractivity contribution in [1.29, 1.82) is 0 Å². The van der Waals surface area contributed by atoms with Gasteiger partial charge in [-0.2, -0.15) is 10.2 Å². The van der Waals surface area contributed by atoms with E-state index in [9.17, 15) is 4.79 Å². The Hall–Kier alpha value is -4.08. The number of amides is 1. The van der Waals surface area contributed by atoms with Crippen molar-refractivity contribution in [3.63, 3.8) is 0 Å². The van der Waals surface area contributed by atoms with Gasteiger partial charge in [0.1, 0.15) is 19.4 Å². The van der Waals surface area contributed by atoms with E-state index in [2.05, 4.69) is 81.6 Å². The highest BCUT2D eigenvalue weighted by Gasteiger charge is 2.42. The third-order valence-electron chi connectivity index (χ3n) is 10.6. The first-order chi connectivity index (χ1) is 24.9. The largest absolute Gasteiger partial charge is 0.476 e. The molecule has 4 aromatic rings. The molecule has 12 heteroatoms. The maximum absolute atomic E-state index is 13.3. The molecular formula is C41H61N7O4Si. The van der Waals surface area contributed by atoms with E-state index < -0.39 is 25.8 Å². The van der Waals surface area contributed by atoms with Crippen molar-refractivity contribution in [3.05, 3.63) is 47.5 Å². The van der Waals surface area contributed by atoms with Crippen LogP contribution in [0.15, 0.2) is 30.6 Å². The normalized spacial score (nSPS) is 16.6. The molecule has 0 saturated carbocycles. The number of ether oxygens (including phenoxy) is 3. The van der Waals surface area contributed by atoms with Crippen molar-refractivity contribution in [1.82, 2.24) is 34.7 Å². The number of aryl methyl sites for hydroxylation is 3. The fourth-order valence-electron chi connectivity index (χ4n) is 8.05. The Labute approximate surface area is 317 Å². The minimum Gasteiger partial charge on any atom is -0.476 e. The molecular weight excluding hydrogens is 683 g/mol. The molecule has 1 aliphatic heterocycles. The van der Waals surface area contributed by atoms with Gasteiger partial charge in [-0.05, 0) is 81.3 Å². The number of rotatable bonds is 11. The van der Waals surface area contributed by atoms with Crippen molar-refractivity contribution in [2.45, 2.75) is 130 Å². The molecule has 0 aliphatic carbocycles. The van der Waals surface area contributed by atoms with Gasteiger partial charge in [-0.25, -0.2) is 9.48 Å². The van der Waals surface area contributed by atoms with Crippen LogP contribution in [0.2, 0.25) is 16.6 Å². The lowest BCUT2D eigenvalue weighted by molar-refractivity contribution is -0.0367. The number of carbonyl (C=O) groups excluding carboxylic acids is 1. The van der Waals surface area contributed by atoms with E-state index in [1.165, 1.54) is 0 Å². The van der Waals surface area contributed by atoms with Gasteiger partial charge in [-0.3, -0.25) is 9.36 Å². The predicted octanol–water partition coefficient (Wildman–Crippen LogP) is 9.03. The average Bonchev–Trinajstić information content (AvgIpc) is 3.74. The summed E-state index contributed by atoms with van der Waals surface area (Å²) in [4.78, 5) is 13.3. The van der Waals surface area contributed by atoms with Gasteiger partial charge >= 0.3 is 6.09 Å². The minimum absolute atomic E-state index is 0.130. The SMILES string of the molecule is Cc1cn(C)nc1OC[C@@H](C)C(NC(=O)OC(C)(C)C)c1nn(C)cc1-c1ccc2c(c1)c(C#C[Si](C(C)C)(C(C)C)C(C)C)nn2C1CCCCO1. The van der Waals surface area contributed by atoms with Gasteiger partial charge in [0.25, 0.3) is 0 Å². The molecule has 1 saturated heterocycles. The van der Waals surface area contributed by atoms with Gasteiger partial charge in [-0.1, -0.05) is 60.5 Å². The van der Waals surface area contributed by atoms with Gasteiger partial charge < -0.3 is 19.5 Å². The van der Waals surface area contributed by atoms with Crippen LogP contribution in [0.1, 0.15) is 118 Å². The van der Waals surface area contributed by atoms with Crippen molar-refractivity contribution >= 4 is 25.1 Å². The summed E-state index contributed by atoms with van der Waals surface area (Å²) in [6, 6.07) is 5.88. The van der Waals surface area contributed by atoms with E-state index in [-0.39, 0.29) is 12.1 Å². The molecule has 1 amide bonds. The molecule has 1 N–H and O–H groups in total. The lowest BCUT2D eigenvalue weighted by atomic mass is 9.94. The zero-order valence-electron chi connectivity index (χ0n) is 34.2. The van der Waals surface area contributed by atoms with Crippen LogP contribution >= 0.6 is 0 Å². The molecule has 0 spiro atoms. The fourth-order valence-corrected chi connectivity index (χ4v) is 13.2. The second-order valence-electron chi connectivity index (χ2n) is 16.8. The van der Waals surface area contributed by atoms with Crippen LogP contribution in [0.5, 0.6) is 5.88 Å². The number of benzene rings is 1. The highest BCUT2D eigenvalue weighted by molar-refractivity contribution is 6.90. The van der Waals surface area contributed by atoms with Crippen LogP contribution in [0, 0.1) is 24.3 Å². The lowest BCUT2D eigenvalue weighted by Gasteiger charge is -2.38. The molecule has 4 heterocycles. The van der Waals surface area contributed by atoms with Crippen molar-refractivity contribution in [2.24, 2.45) is 20.0 Å². The van der Waals surface area contributed by atoms with Gasteiger partial charge in [-0.15, -0.1) is 10.6 Å². The smallest absolute Gasteiger partial charge is 0.408 e. The van der Waals surface area contributed by atoms with E-state index in [4.69, 9.17) is 24.4 Å². The molecule has 0 radical (unpaired) electrons. The van der Waals surface area contributed by atoms with Crippen molar-refractivity contribution in [3.8, 4) is 28.5 Å². The first-order valence-corrected chi connectivity index (χ1v) is 21.5. The highest BCUT2D eigenvalue weighted by atomic mass is 28.3. The zero-order chi connectivity index (χ0) is 38.8. The number of alkyl carbamates (subject to hydrolysis) is 1. The molecule has 1 aliphatic rings. The van der Waals surface area contributed by atoms with Gasteiger partial charge in [0, 0.05) is 55.5 Å². The number of carbonyl (C=O) groups is 1. The quantitative estimate of drug-likeness (QED) is 0.121. The number of fused-ring (bicyclic) bond motifs is 1. The topological polar surface area (TPSA) is 110 Å². The van der Waals surface area contributed by atoms with Gasteiger partial charge in [0.2, 0.25) is 5.88 Å². The molecule has 53 heavy (non-hydrogen) atoms. The molecule has 5 rings (SSSR count). The second kappa shape index (κ2) is 16.1. The first kappa shape index (κ1) is 40.1. The van der Waals surface area contributed by atoms with Crippen LogP contribution in [0.25, 0.3) is 22.0 Å². The molecule has 0 bridgehead atoms. The Kier molecular flexibility index (Phi) is 12.2. The van der Waals surface area contributed by atoms with E-state index in [0.717, 1.165) is 59.2 Å². The lowest BCUT2D eigenvalue weighted by Crippen LogP contribution is -2.43. The summed E-state index contributed by atoms with van der Waals surface area (Å²) < 4.78 is 23.8. The van der Waals surface area contributed by atoms with Crippen LogP contribution in [-0.2, 0) is 23.6 Å². The average molecular weight is 744 g/mol. The number of hydrogen-bond donors (Lipinski definition) is 1. The summed E-state index contributed by atoms with van der Waals surface area (Å²) in [5, 5.41) is 18.7. The van der Waals surface area contributed by atoms with E-state index in [1.54, 1.807) is 9.36 Å². The summed E-state index contributed by atoms with van der Waals surface area (Å²) in [7, 11) is 1.74. The summed E-state index contributed by atoms with van der Waals surface area (Å²) in [5.74, 6) is 4.03. The minimum atomic E-state index is -2.03. The third kappa shape index (κ3) is 8.84. The molecule has 1 aromatic carbocycles. The highest BCUT2D eigenvalue weighted by Crippen LogP contribution is 2.41. The first-order valence-electron chi connectivity index (χ1n) is 19.2. The summed E-state index contributed by atoms with van der Waals surface area (Å²) in [6.45, 7) is 24.6. The van der Waals surface area contributed by atoms with Crippen LogP contribution in [-0.4, -0.2) is 62.3 Å². The Morgan fingerprint density at radius 1 is 1.00 bits per heavy atom. The summed E-state index contributed by atoms with van der Waals surface area (Å²) in [5.41, 5.74) is 10.0. The van der Waals surface area contributed by atoms with E-state index in [1.807, 2.05) is 65.8 Å². The maximum atomic E-state index is 13.3. The zero-order valence-corrected chi connectivity index (χ0v) is 35.2. The molecule has 2 unspecified atom stereocenters. The van der Waals surface area contributed by atoms with Crippen LogP contribution in [0.3, 0.4) is 0 Å². The Morgan fingerprint density at radius 3 is 2.26 bits per heavy atom. The summed E-state index contributed by atoms with van der Waals surface area (Å²) >= 11 is 0. The Bertz CT molecular complexity index is 1930. The van der Waals surface area contributed by atoms with Crippen LogP contribution in [0.4, 0.5) is 4.79 Å². The van der Waals surface area contributed by atoms with E-state index in [0.29, 0.717) is 34.8 Å². The molecule has 3 aromatic heterocycles. The van der Waals surface area contributed by atoms with Gasteiger partial charge in [0.05, 0.1) is 23.9 Å². The molecule has 1 fully saturated rings. The van der Waals surface area contributed by atoms with Crippen molar-refractivity contribution in [2.75, 3.05) is 13.2 Å². The number of hydrogen-bond acceptors (Lipinski definition) is 7.